The number of fused-ring (bicyclic) bond motifs is 1. The van der Waals surface area contributed by atoms with Gasteiger partial charge in [0.25, 0.3) is 0 Å². The fourth-order valence-corrected chi connectivity index (χ4v) is 6.92. The van der Waals surface area contributed by atoms with Crippen LogP contribution in [-0.2, 0) is 14.8 Å². The lowest BCUT2D eigenvalue weighted by atomic mass is 10.1. The second-order valence-corrected chi connectivity index (χ2v) is 11.9. The van der Waals surface area contributed by atoms with E-state index >= 15 is 0 Å². The molecule has 1 aliphatic rings. The number of sulfonamides is 1. The van der Waals surface area contributed by atoms with Crippen molar-refractivity contribution >= 4 is 49.2 Å². The Morgan fingerprint density at radius 1 is 1.19 bits per heavy atom. The second kappa shape index (κ2) is 11.4. The molecule has 2 heterocycles. The molecule has 37 heavy (non-hydrogen) atoms. The van der Waals surface area contributed by atoms with E-state index in [1.165, 1.54) is 15.6 Å². The van der Waals surface area contributed by atoms with Gasteiger partial charge in [0.05, 0.1) is 21.2 Å². The lowest BCUT2D eigenvalue weighted by molar-refractivity contribution is -0.124. The average molecular weight is 543 g/mol. The van der Waals surface area contributed by atoms with Crippen LogP contribution >= 0.6 is 11.3 Å². The molecule has 10 nitrogen and oxygen atoms in total. The molecule has 196 valence electrons. The first-order valence-electron chi connectivity index (χ1n) is 12.0. The molecule has 4 rings (SSSR count). The van der Waals surface area contributed by atoms with Crippen LogP contribution in [0.2, 0.25) is 0 Å². The summed E-state index contributed by atoms with van der Waals surface area (Å²) in [6, 6.07) is 12.1. The molecular weight excluding hydrogens is 512 g/mol. The number of amides is 1. The standard InChI is InChI=1S/C25H30N6O4S2/c1-16-10-12-17(13-11-16)37(34,35)31-15-5-8-20(31)23(33)29-19(7-4-14-28-25(26)27)22(32)24-30-18-6-2-3-9-21(18)36-24/h2-3,6,9-13,19-20H,4-5,7-8,14-15H2,1H3,(H,29,33)(H4,26,27,28). The zero-order chi connectivity index (χ0) is 26.6. The van der Waals surface area contributed by atoms with E-state index in [4.69, 9.17) is 11.5 Å². The number of ketones is 1. The third kappa shape index (κ3) is 6.14. The number of aryl methyl sites for hydroxylation is 1. The predicted octanol–water partition coefficient (Wildman–Crippen LogP) is 2.18. The molecule has 2 atom stereocenters. The van der Waals surface area contributed by atoms with Gasteiger partial charge in [-0.1, -0.05) is 29.8 Å². The Morgan fingerprint density at radius 3 is 2.62 bits per heavy atom. The van der Waals surface area contributed by atoms with Crippen LogP contribution in [0.4, 0.5) is 0 Å². The maximum atomic E-state index is 13.4. The zero-order valence-corrected chi connectivity index (χ0v) is 22.1. The fraction of sp³-hybridized carbons (Fsp3) is 0.360. The van der Waals surface area contributed by atoms with Gasteiger partial charge in [-0.05, 0) is 56.9 Å². The molecule has 1 fully saturated rings. The van der Waals surface area contributed by atoms with Gasteiger partial charge in [0.1, 0.15) is 6.04 Å². The third-order valence-corrected chi connectivity index (χ3v) is 9.19. The number of hydrogen-bond acceptors (Lipinski definition) is 7. The minimum Gasteiger partial charge on any atom is -0.370 e. The van der Waals surface area contributed by atoms with Crippen LogP contribution in [0.5, 0.6) is 0 Å². The van der Waals surface area contributed by atoms with Crippen molar-refractivity contribution < 1.29 is 18.0 Å². The van der Waals surface area contributed by atoms with Gasteiger partial charge in [-0.25, -0.2) is 13.4 Å². The molecule has 0 bridgehead atoms. The number of aliphatic imine (C=N–C) groups is 1. The Balaban J connectivity index is 1.54. The molecule has 1 amide bonds. The maximum absolute atomic E-state index is 13.4. The Bertz CT molecular complexity index is 1380. The minimum atomic E-state index is -3.87. The first kappa shape index (κ1) is 26.7. The zero-order valence-electron chi connectivity index (χ0n) is 20.5. The van der Waals surface area contributed by atoms with Gasteiger partial charge in [0, 0.05) is 13.1 Å². The van der Waals surface area contributed by atoms with Crippen molar-refractivity contribution in [2.75, 3.05) is 13.1 Å². The first-order chi connectivity index (χ1) is 17.7. The molecule has 0 radical (unpaired) electrons. The van der Waals surface area contributed by atoms with Crippen LogP contribution in [0.15, 0.2) is 58.4 Å². The Morgan fingerprint density at radius 2 is 1.92 bits per heavy atom. The van der Waals surface area contributed by atoms with Gasteiger partial charge < -0.3 is 16.8 Å². The van der Waals surface area contributed by atoms with Crippen LogP contribution < -0.4 is 16.8 Å². The number of carbonyl (C=O) groups is 2. The quantitative estimate of drug-likeness (QED) is 0.153. The minimum absolute atomic E-state index is 0.0546. The fourth-order valence-electron chi connectivity index (χ4n) is 4.30. The number of guanidine groups is 1. The number of nitrogens with one attached hydrogen (secondary N) is 1. The van der Waals surface area contributed by atoms with Crippen molar-refractivity contribution in [1.29, 1.82) is 0 Å². The van der Waals surface area contributed by atoms with Crippen LogP contribution in [0.1, 0.15) is 41.0 Å². The summed E-state index contributed by atoms with van der Waals surface area (Å²) in [7, 11) is -3.87. The lowest BCUT2D eigenvalue weighted by Gasteiger charge is -2.25. The molecule has 12 heteroatoms. The summed E-state index contributed by atoms with van der Waals surface area (Å²) in [6.07, 6.45) is 1.63. The molecule has 0 spiro atoms. The number of rotatable bonds is 10. The number of aromatic nitrogens is 1. The number of hydrogen-bond donors (Lipinski definition) is 3. The summed E-state index contributed by atoms with van der Waals surface area (Å²) >= 11 is 1.25. The Hall–Kier alpha value is -3.35. The van der Waals surface area contributed by atoms with E-state index in [2.05, 4.69) is 15.3 Å². The highest BCUT2D eigenvalue weighted by Crippen LogP contribution is 2.27. The van der Waals surface area contributed by atoms with Crippen molar-refractivity contribution in [3.05, 3.63) is 59.1 Å². The summed E-state index contributed by atoms with van der Waals surface area (Å²) in [5.74, 6) is -0.888. The van der Waals surface area contributed by atoms with E-state index < -0.39 is 28.0 Å². The van der Waals surface area contributed by atoms with Gasteiger partial charge in [0.2, 0.25) is 21.7 Å². The number of benzene rings is 2. The van der Waals surface area contributed by atoms with E-state index in [1.54, 1.807) is 24.3 Å². The van der Waals surface area contributed by atoms with Gasteiger partial charge in [-0.2, -0.15) is 4.31 Å². The van der Waals surface area contributed by atoms with E-state index in [0.29, 0.717) is 31.3 Å². The highest BCUT2D eigenvalue weighted by Gasteiger charge is 2.40. The monoisotopic (exact) mass is 542 g/mol. The van der Waals surface area contributed by atoms with Crippen molar-refractivity contribution in [3.8, 4) is 0 Å². The second-order valence-electron chi connectivity index (χ2n) is 8.95. The van der Waals surface area contributed by atoms with E-state index in [1.807, 2.05) is 31.2 Å². The van der Waals surface area contributed by atoms with Gasteiger partial charge >= 0.3 is 0 Å². The largest absolute Gasteiger partial charge is 0.370 e. The predicted molar refractivity (Wildman–Crippen MR) is 144 cm³/mol. The summed E-state index contributed by atoms with van der Waals surface area (Å²) in [4.78, 5) is 35.4. The topological polar surface area (TPSA) is 161 Å². The summed E-state index contributed by atoms with van der Waals surface area (Å²) in [5, 5.41) is 3.09. The van der Waals surface area contributed by atoms with Gasteiger partial charge in [-0.3, -0.25) is 14.6 Å². The Labute approximate surface area is 219 Å². The maximum Gasteiger partial charge on any atom is 0.243 e. The lowest BCUT2D eigenvalue weighted by Crippen LogP contribution is -2.50. The van der Waals surface area contributed by atoms with E-state index in [0.717, 1.165) is 10.3 Å². The van der Waals surface area contributed by atoms with Crippen molar-refractivity contribution in [2.45, 2.75) is 49.6 Å². The van der Waals surface area contributed by atoms with Crippen LogP contribution in [0, 0.1) is 6.92 Å². The van der Waals surface area contributed by atoms with Crippen molar-refractivity contribution in [1.82, 2.24) is 14.6 Å². The normalized spacial score (nSPS) is 16.9. The highest BCUT2D eigenvalue weighted by atomic mass is 32.2. The molecule has 1 saturated heterocycles. The first-order valence-corrected chi connectivity index (χ1v) is 14.3. The summed E-state index contributed by atoms with van der Waals surface area (Å²) in [5.41, 5.74) is 12.4. The molecular formula is C25H30N6O4S2. The molecule has 0 saturated carbocycles. The molecule has 1 aromatic heterocycles. The summed E-state index contributed by atoms with van der Waals surface area (Å²) in [6.45, 7) is 2.40. The van der Waals surface area contributed by atoms with Gasteiger partial charge in [-0.15, -0.1) is 11.3 Å². The third-order valence-electron chi connectivity index (χ3n) is 6.22. The number of para-hydroxylation sites is 1. The number of Topliss-reactive ketones (excluding diaryl/α,β-unsaturated/α-hetero) is 1. The van der Waals surface area contributed by atoms with Crippen LogP contribution in [-0.4, -0.2) is 60.5 Å². The molecule has 3 aromatic rings. The van der Waals surface area contributed by atoms with Crippen LogP contribution in [0.25, 0.3) is 10.2 Å². The highest BCUT2D eigenvalue weighted by molar-refractivity contribution is 7.89. The van der Waals surface area contributed by atoms with Gasteiger partial charge in [0.15, 0.2) is 11.0 Å². The number of nitrogens with zero attached hydrogens (tertiary/aromatic N) is 3. The molecule has 1 aliphatic heterocycles. The van der Waals surface area contributed by atoms with Crippen LogP contribution in [0.3, 0.4) is 0 Å². The smallest absolute Gasteiger partial charge is 0.243 e. The van der Waals surface area contributed by atoms with Crippen molar-refractivity contribution in [2.24, 2.45) is 16.5 Å². The summed E-state index contributed by atoms with van der Waals surface area (Å²) < 4.78 is 28.7. The Kier molecular flexibility index (Phi) is 8.20. The molecule has 2 aromatic carbocycles. The van der Waals surface area contributed by atoms with E-state index in [-0.39, 0.29) is 34.6 Å². The molecule has 5 N–H and O–H groups in total. The number of thiazole rings is 1. The molecule has 2 unspecified atom stereocenters. The molecule has 0 aliphatic carbocycles. The van der Waals surface area contributed by atoms with E-state index in [9.17, 15) is 18.0 Å². The van der Waals surface area contributed by atoms with Crippen molar-refractivity contribution in [3.63, 3.8) is 0 Å². The SMILES string of the molecule is Cc1ccc(S(=O)(=O)N2CCCC2C(=O)NC(CCCN=C(N)N)C(=O)c2nc3ccccc3s2)cc1. The number of carbonyl (C=O) groups excluding carboxylic acids is 2. The number of nitrogens with two attached hydrogens (primary N) is 2. The average Bonchev–Trinajstić information content (AvgIpc) is 3.53.